The molecule has 1 aromatic carbocycles. The standard InChI is InChI=1S/C20H28N4O2/c1-14-19(24-9-6-20(7-10-24)5-8-23(2)13-20)15-11-17(25-3)18(26-4)12-16(15)22-21-14/h11-12H,5-10,13H2,1-4H3. The summed E-state index contributed by atoms with van der Waals surface area (Å²) in [6.45, 7) is 6.66. The maximum absolute atomic E-state index is 5.52. The van der Waals surface area contributed by atoms with Crippen molar-refractivity contribution in [2.75, 3.05) is 52.3 Å². The number of ether oxygens (including phenoxy) is 2. The summed E-state index contributed by atoms with van der Waals surface area (Å²) in [5.41, 5.74) is 3.53. The Labute approximate surface area is 155 Å². The lowest BCUT2D eigenvalue weighted by Gasteiger charge is -2.41. The van der Waals surface area contributed by atoms with Crippen LogP contribution in [0.1, 0.15) is 25.0 Å². The van der Waals surface area contributed by atoms with Gasteiger partial charge in [-0.3, -0.25) is 0 Å². The Morgan fingerprint density at radius 1 is 0.962 bits per heavy atom. The van der Waals surface area contributed by atoms with Crippen molar-refractivity contribution in [3.8, 4) is 11.5 Å². The number of aromatic nitrogens is 2. The Hall–Kier alpha value is -2.08. The van der Waals surface area contributed by atoms with Gasteiger partial charge in [-0.2, -0.15) is 5.10 Å². The third-order valence-corrected chi connectivity index (χ3v) is 6.18. The van der Waals surface area contributed by atoms with E-state index in [9.17, 15) is 0 Å². The van der Waals surface area contributed by atoms with Crippen LogP contribution in [-0.2, 0) is 0 Å². The Morgan fingerprint density at radius 3 is 2.23 bits per heavy atom. The second-order valence-corrected chi connectivity index (χ2v) is 7.83. The zero-order valence-electron chi connectivity index (χ0n) is 16.2. The fourth-order valence-electron chi connectivity index (χ4n) is 4.68. The van der Waals surface area contributed by atoms with Gasteiger partial charge in [-0.1, -0.05) is 0 Å². The molecule has 3 heterocycles. The molecule has 0 bridgehead atoms. The summed E-state index contributed by atoms with van der Waals surface area (Å²) < 4.78 is 10.9. The van der Waals surface area contributed by atoms with Crippen molar-refractivity contribution in [1.29, 1.82) is 0 Å². The molecule has 1 spiro atoms. The first-order valence-electron chi connectivity index (χ1n) is 9.38. The average Bonchev–Trinajstić information content (AvgIpc) is 3.02. The molecule has 0 atom stereocenters. The van der Waals surface area contributed by atoms with Crippen molar-refractivity contribution < 1.29 is 9.47 Å². The summed E-state index contributed by atoms with van der Waals surface area (Å²) in [4.78, 5) is 4.96. The van der Waals surface area contributed by atoms with Crippen molar-refractivity contribution in [1.82, 2.24) is 15.1 Å². The maximum atomic E-state index is 5.52. The Balaban J connectivity index is 1.69. The van der Waals surface area contributed by atoms with Crippen LogP contribution >= 0.6 is 0 Å². The number of piperidine rings is 1. The van der Waals surface area contributed by atoms with Gasteiger partial charge in [0.15, 0.2) is 11.5 Å². The molecule has 1 aromatic heterocycles. The molecular formula is C20H28N4O2. The molecule has 2 aromatic rings. The predicted octanol–water partition coefficient (Wildman–Crippen LogP) is 2.88. The molecule has 2 fully saturated rings. The van der Waals surface area contributed by atoms with Crippen LogP contribution in [-0.4, -0.2) is 62.5 Å². The van der Waals surface area contributed by atoms with E-state index >= 15 is 0 Å². The normalized spacial score (nSPS) is 20.1. The average molecular weight is 356 g/mol. The van der Waals surface area contributed by atoms with Crippen LogP contribution in [0.2, 0.25) is 0 Å². The number of nitrogens with zero attached hydrogens (tertiary/aromatic N) is 4. The molecule has 6 heteroatoms. The Kier molecular flexibility index (Phi) is 4.39. The summed E-state index contributed by atoms with van der Waals surface area (Å²) in [5.74, 6) is 1.43. The molecule has 0 N–H and O–H groups in total. The molecule has 2 aliphatic heterocycles. The third-order valence-electron chi connectivity index (χ3n) is 6.18. The highest BCUT2D eigenvalue weighted by molar-refractivity contribution is 5.94. The molecule has 0 aliphatic carbocycles. The third kappa shape index (κ3) is 2.86. The van der Waals surface area contributed by atoms with Crippen LogP contribution in [0.25, 0.3) is 10.9 Å². The van der Waals surface area contributed by atoms with E-state index in [0.29, 0.717) is 11.2 Å². The molecule has 0 unspecified atom stereocenters. The van der Waals surface area contributed by atoms with Crippen LogP contribution in [0, 0.1) is 12.3 Å². The van der Waals surface area contributed by atoms with Crippen molar-refractivity contribution in [2.45, 2.75) is 26.2 Å². The largest absolute Gasteiger partial charge is 0.493 e. The molecule has 26 heavy (non-hydrogen) atoms. The first-order chi connectivity index (χ1) is 12.5. The quantitative estimate of drug-likeness (QED) is 0.843. The van der Waals surface area contributed by atoms with Gasteiger partial charge in [0, 0.05) is 31.1 Å². The highest BCUT2D eigenvalue weighted by atomic mass is 16.5. The number of benzene rings is 1. The Morgan fingerprint density at radius 2 is 1.62 bits per heavy atom. The number of rotatable bonds is 3. The van der Waals surface area contributed by atoms with Gasteiger partial charge in [0.05, 0.1) is 31.1 Å². The maximum Gasteiger partial charge on any atom is 0.162 e. The summed E-state index contributed by atoms with van der Waals surface area (Å²) >= 11 is 0. The van der Waals surface area contributed by atoms with Gasteiger partial charge in [0.1, 0.15) is 0 Å². The van der Waals surface area contributed by atoms with Crippen molar-refractivity contribution >= 4 is 16.6 Å². The second kappa shape index (κ2) is 6.58. The van der Waals surface area contributed by atoms with E-state index in [-0.39, 0.29) is 0 Å². The SMILES string of the molecule is COc1cc2nnc(C)c(N3CCC4(CCN(C)C4)CC3)c2cc1OC. The number of likely N-dealkylation sites (tertiary alicyclic amines) is 1. The lowest BCUT2D eigenvalue weighted by Crippen LogP contribution is -2.41. The van der Waals surface area contributed by atoms with E-state index in [2.05, 4.69) is 27.0 Å². The zero-order chi connectivity index (χ0) is 18.3. The lowest BCUT2D eigenvalue weighted by atomic mass is 9.77. The van der Waals surface area contributed by atoms with Gasteiger partial charge >= 0.3 is 0 Å². The molecule has 2 saturated heterocycles. The summed E-state index contributed by atoms with van der Waals surface area (Å²) in [5, 5.41) is 9.89. The topological polar surface area (TPSA) is 50.7 Å². The fourth-order valence-corrected chi connectivity index (χ4v) is 4.68. The molecule has 0 radical (unpaired) electrons. The van der Waals surface area contributed by atoms with Crippen molar-refractivity contribution in [3.63, 3.8) is 0 Å². The number of methoxy groups -OCH3 is 2. The molecular weight excluding hydrogens is 328 g/mol. The van der Waals surface area contributed by atoms with E-state index in [1.807, 2.05) is 19.1 Å². The fraction of sp³-hybridized carbons (Fsp3) is 0.600. The van der Waals surface area contributed by atoms with Gasteiger partial charge in [0.2, 0.25) is 0 Å². The molecule has 0 amide bonds. The van der Waals surface area contributed by atoms with Crippen LogP contribution in [0.15, 0.2) is 12.1 Å². The lowest BCUT2D eigenvalue weighted by molar-refractivity contribution is 0.222. The Bertz CT molecular complexity index is 815. The van der Waals surface area contributed by atoms with Crippen LogP contribution in [0.3, 0.4) is 0 Å². The number of fused-ring (bicyclic) bond motifs is 1. The first-order valence-corrected chi connectivity index (χ1v) is 9.38. The van der Waals surface area contributed by atoms with Crippen molar-refractivity contribution in [2.24, 2.45) is 5.41 Å². The second-order valence-electron chi connectivity index (χ2n) is 7.83. The molecule has 6 nitrogen and oxygen atoms in total. The minimum absolute atomic E-state index is 0.510. The van der Waals surface area contributed by atoms with Gasteiger partial charge in [-0.25, -0.2) is 0 Å². The molecule has 140 valence electrons. The minimum atomic E-state index is 0.510. The zero-order valence-corrected chi connectivity index (χ0v) is 16.2. The molecule has 0 saturated carbocycles. The molecule has 4 rings (SSSR count). The van der Waals surface area contributed by atoms with Crippen LogP contribution < -0.4 is 14.4 Å². The summed E-state index contributed by atoms with van der Waals surface area (Å²) in [6, 6.07) is 3.96. The monoisotopic (exact) mass is 356 g/mol. The first kappa shape index (κ1) is 17.3. The highest BCUT2D eigenvalue weighted by Gasteiger charge is 2.39. The van der Waals surface area contributed by atoms with Crippen LogP contribution in [0.5, 0.6) is 11.5 Å². The summed E-state index contributed by atoms with van der Waals surface area (Å²) in [7, 11) is 5.56. The van der Waals surface area contributed by atoms with Gasteiger partial charge < -0.3 is 19.3 Å². The smallest absolute Gasteiger partial charge is 0.162 e. The predicted molar refractivity (Wildman–Crippen MR) is 103 cm³/mol. The van der Waals surface area contributed by atoms with Gasteiger partial charge in [-0.05, 0) is 51.3 Å². The van der Waals surface area contributed by atoms with Crippen LogP contribution in [0.4, 0.5) is 5.69 Å². The van der Waals surface area contributed by atoms with Gasteiger partial charge in [0.25, 0.3) is 0 Å². The van der Waals surface area contributed by atoms with E-state index in [1.54, 1.807) is 14.2 Å². The van der Waals surface area contributed by atoms with Crippen molar-refractivity contribution in [3.05, 3.63) is 17.8 Å². The minimum Gasteiger partial charge on any atom is -0.493 e. The summed E-state index contributed by atoms with van der Waals surface area (Å²) in [6.07, 6.45) is 3.82. The number of aryl methyl sites for hydroxylation is 1. The van der Waals surface area contributed by atoms with E-state index < -0.39 is 0 Å². The number of hydrogen-bond acceptors (Lipinski definition) is 6. The van der Waals surface area contributed by atoms with E-state index in [0.717, 1.165) is 35.4 Å². The van der Waals surface area contributed by atoms with Gasteiger partial charge in [-0.15, -0.1) is 5.10 Å². The number of hydrogen-bond donors (Lipinski definition) is 0. The van der Waals surface area contributed by atoms with E-state index in [4.69, 9.17) is 9.47 Å². The highest BCUT2D eigenvalue weighted by Crippen LogP contribution is 2.43. The number of anilines is 1. The van der Waals surface area contributed by atoms with E-state index in [1.165, 1.54) is 38.0 Å². The molecule has 2 aliphatic rings.